The average molecular weight is 1000 g/mol. The van der Waals surface area contributed by atoms with E-state index >= 15 is 0 Å². The summed E-state index contributed by atoms with van der Waals surface area (Å²) in [7, 11) is 0. The fourth-order valence-corrected chi connectivity index (χ4v) is 12.2. The topological polar surface area (TPSA) is 50.1 Å². The summed E-state index contributed by atoms with van der Waals surface area (Å²) in [5, 5.41) is 8.86. The number of ether oxygens (including phenoxy) is 1. The SMILES string of the molecule is C.CC(C)(C#N)SC(=S)c1ccccc1.CCCCCCCCCCCCSC(=S)SC(C)(C)C(=O)OCC(CC)CCCC.S=C(SCc1ccccc1)SCc1ccccc1. The number of unbranched alkanes of at least 4 members (excludes halogenated alkanes) is 10. The lowest BCUT2D eigenvalue weighted by Gasteiger charge is -2.23. The number of thiocarbonyl (C=S) groups is 3. The van der Waals surface area contributed by atoms with E-state index in [-0.39, 0.29) is 13.4 Å². The highest BCUT2D eigenvalue weighted by atomic mass is 32.2. The maximum absolute atomic E-state index is 12.5. The van der Waals surface area contributed by atoms with Gasteiger partial charge < -0.3 is 4.74 Å². The molecule has 0 amide bonds. The van der Waals surface area contributed by atoms with Crippen LogP contribution in [-0.2, 0) is 21.0 Å². The van der Waals surface area contributed by atoms with Gasteiger partial charge in [0, 0.05) is 11.5 Å². The van der Waals surface area contributed by atoms with Gasteiger partial charge in [0.25, 0.3) is 0 Å². The Morgan fingerprint density at radius 1 is 0.635 bits per heavy atom. The maximum Gasteiger partial charge on any atom is 0.322 e. The van der Waals surface area contributed by atoms with Gasteiger partial charge in [0.05, 0.1) is 16.9 Å². The second-order valence-corrected chi connectivity index (χ2v) is 25.5. The van der Waals surface area contributed by atoms with Crippen LogP contribution >= 0.6 is 95.5 Å². The molecule has 11 heteroatoms. The zero-order chi connectivity index (χ0) is 45.9. The zero-order valence-corrected chi connectivity index (χ0v) is 45.0. The number of rotatable bonds is 25. The second-order valence-electron chi connectivity index (χ2n) is 16.1. The van der Waals surface area contributed by atoms with E-state index in [1.807, 2.05) is 70.2 Å². The summed E-state index contributed by atoms with van der Waals surface area (Å²) >= 11 is 24.3. The molecule has 0 aliphatic heterocycles. The zero-order valence-electron chi connectivity index (χ0n) is 38.5. The van der Waals surface area contributed by atoms with Crippen LogP contribution in [-0.4, -0.2) is 39.1 Å². The van der Waals surface area contributed by atoms with Crippen LogP contribution in [0.3, 0.4) is 0 Å². The highest BCUT2D eigenvalue weighted by molar-refractivity contribution is 8.47. The normalized spacial score (nSPS) is 11.3. The molecule has 0 N–H and O–H groups in total. The third-order valence-corrected chi connectivity index (χ3v) is 16.7. The van der Waals surface area contributed by atoms with Crippen molar-refractivity contribution in [3.8, 4) is 6.07 Å². The first-order chi connectivity index (χ1) is 29.8. The summed E-state index contributed by atoms with van der Waals surface area (Å²) in [6, 6.07) is 32.9. The van der Waals surface area contributed by atoms with Gasteiger partial charge in [0.1, 0.15) is 16.6 Å². The van der Waals surface area contributed by atoms with Gasteiger partial charge >= 0.3 is 5.97 Å². The molecule has 0 heterocycles. The number of nitrogens with zero attached hydrogens (tertiary/aromatic N) is 1. The molecule has 0 saturated heterocycles. The van der Waals surface area contributed by atoms with Gasteiger partial charge in [-0.25, -0.2) is 0 Å². The Kier molecular flexibility index (Phi) is 37.9. The fraction of sp³-hybridized carbons (Fsp3) is 0.558. The summed E-state index contributed by atoms with van der Waals surface area (Å²) in [4.78, 5) is 12.5. The highest BCUT2D eigenvalue weighted by Crippen LogP contribution is 2.33. The first kappa shape index (κ1) is 61.6. The summed E-state index contributed by atoms with van der Waals surface area (Å²) in [5.41, 5.74) is 3.66. The van der Waals surface area contributed by atoms with Crippen LogP contribution in [0.2, 0.25) is 0 Å². The smallest absolute Gasteiger partial charge is 0.322 e. The van der Waals surface area contributed by atoms with Crippen molar-refractivity contribution in [2.75, 3.05) is 12.4 Å². The lowest BCUT2D eigenvalue weighted by molar-refractivity contribution is -0.147. The Balaban J connectivity index is 0.000000984. The molecule has 63 heavy (non-hydrogen) atoms. The van der Waals surface area contributed by atoms with Crippen molar-refractivity contribution in [3.05, 3.63) is 108 Å². The molecule has 1 atom stereocenters. The highest BCUT2D eigenvalue weighted by Gasteiger charge is 2.32. The molecule has 0 saturated carbocycles. The third-order valence-electron chi connectivity index (χ3n) is 9.57. The third kappa shape index (κ3) is 32.9. The molecular formula is C52H77NO2S8. The fourth-order valence-electron chi connectivity index (χ4n) is 5.65. The average Bonchev–Trinajstić information content (AvgIpc) is 3.28. The van der Waals surface area contributed by atoms with Crippen molar-refractivity contribution in [1.29, 1.82) is 5.26 Å². The Hall–Kier alpha value is -1.36. The summed E-state index contributed by atoms with van der Waals surface area (Å²) in [6.45, 7) is 14.8. The standard InChI is InChI=1S/C25H48O2S3.C15H14S3.C11H11NS2.CH4/c1-6-9-11-12-13-14-15-16-17-18-20-29-24(28)30-25(4,5)23(26)27-21-22(8-3)19-10-7-2;16-15(17-11-13-7-3-1-4-8-13)18-12-14-9-5-2-6-10-14;1-11(2,8-12)14-10(13)9-6-4-3-5-7-9;/h22H,6-21H2,1-5H3;1-10H,11-12H2;3-7H,1-2H3;1H4. The van der Waals surface area contributed by atoms with E-state index in [1.165, 1.54) is 112 Å². The van der Waals surface area contributed by atoms with E-state index in [0.717, 1.165) is 46.9 Å². The minimum Gasteiger partial charge on any atom is -0.464 e. The molecule has 0 radical (unpaired) electrons. The van der Waals surface area contributed by atoms with Crippen molar-refractivity contribution in [1.82, 2.24) is 0 Å². The quantitative estimate of drug-likeness (QED) is 0.0463. The largest absolute Gasteiger partial charge is 0.464 e. The maximum atomic E-state index is 12.5. The van der Waals surface area contributed by atoms with Crippen LogP contribution in [0.25, 0.3) is 0 Å². The van der Waals surface area contributed by atoms with E-state index in [2.05, 4.69) is 75.4 Å². The van der Waals surface area contributed by atoms with Crippen LogP contribution in [0.15, 0.2) is 91.0 Å². The van der Waals surface area contributed by atoms with Crippen molar-refractivity contribution >= 4 is 113 Å². The van der Waals surface area contributed by atoms with Gasteiger partial charge in [-0.1, -0.05) is 256 Å². The lowest BCUT2D eigenvalue weighted by atomic mass is 10.0. The summed E-state index contributed by atoms with van der Waals surface area (Å²) in [6.07, 6.45) is 18.1. The summed E-state index contributed by atoms with van der Waals surface area (Å²) in [5.74, 6) is 3.32. The van der Waals surface area contributed by atoms with E-state index in [4.69, 9.17) is 46.7 Å². The molecule has 0 fully saturated rings. The van der Waals surface area contributed by atoms with Gasteiger partial charge in [0.2, 0.25) is 0 Å². The number of carbonyl (C=O) groups is 1. The number of carbonyl (C=O) groups excluding carboxylic acids is 1. The Morgan fingerprint density at radius 2 is 1.10 bits per heavy atom. The van der Waals surface area contributed by atoms with E-state index < -0.39 is 9.49 Å². The Bertz CT molecular complexity index is 1630. The number of hydrogen-bond donors (Lipinski definition) is 0. The van der Waals surface area contributed by atoms with Gasteiger partial charge in [-0.05, 0) is 68.9 Å². The molecule has 0 spiro atoms. The molecule has 1 unspecified atom stereocenters. The Labute approximate surface area is 422 Å². The lowest BCUT2D eigenvalue weighted by Crippen LogP contribution is -2.32. The van der Waals surface area contributed by atoms with Gasteiger partial charge in [-0.2, -0.15) is 5.26 Å². The number of hydrogen-bond acceptors (Lipinski definition) is 11. The van der Waals surface area contributed by atoms with Crippen molar-refractivity contribution < 1.29 is 9.53 Å². The number of nitriles is 1. The minimum atomic E-state index is -0.606. The van der Waals surface area contributed by atoms with Crippen molar-refractivity contribution in [3.63, 3.8) is 0 Å². The predicted octanol–water partition coefficient (Wildman–Crippen LogP) is 18.4. The molecule has 3 aromatic carbocycles. The van der Waals surface area contributed by atoms with Gasteiger partial charge in [-0.15, -0.1) is 35.3 Å². The molecular weight excluding hydrogens is 927 g/mol. The van der Waals surface area contributed by atoms with Crippen LogP contribution < -0.4 is 0 Å². The van der Waals surface area contributed by atoms with E-state index in [9.17, 15) is 4.79 Å². The molecule has 350 valence electrons. The Morgan fingerprint density at radius 3 is 1.56 bits per heavy atom. The molecule has 0 aliphatic rings. The monoisotopic (exact) mass is 1000 g/mol. The first-order valence-corrected chi connectivity index (χ1v) is 28.2. The van der Waals surface area contributed by atoms with E-state index in [1.54, 1.807) is 35.3 Å². The number of thioether (sulfide) groups is 5. The van der Waals surface area contributed by atoms with Crippen LogP contribution in [0.1, 0.15) is 162 Å². The first-order valence-electron chi connectivity index (χ1n) is 22.4. The summed E-state index contributed by atoms with van der Waals surface area (Å²) < 4.78 is 7.24. The minimum absolute atomic E-state index is 0. The van der Waals surface area contributed by atoms with Crippen molar-refractivity contribution in [2.24, 2.45) is 5.92 Å². The van der Waals surface area contributed by atoms with Gasteiger partial charge in [-0.3, -0.25) is 4.79 Å². The molecule has 3 nitrogen and oxygen atoms in total. The van der Waals surface area contributed by atoms with E-state index in [0.29, 0.717) is 12.5 Å². The number of benzene rings is 3. The molecule has 3 aromatic rings. The van der Waals surface area contributed by atoms with Crippen molar-refractivity contribution in [2.45, 2.75) is 167 Å². The van der Waals surface area contributed by atoms with Crippen LogP contribution in [0.5, 0.6) is 0 Å². The number of esters is 1. The molecule has 0 aromatic heterocycles. The second kappa shape index (κ2) is 38.7. The van der Waals surface area contributed by atoms with Crippen LogP contribution in [0.4, 0.5) is 0 Å². The predicted molar refractivity (Wildman–Crippen MR) is 303 cm³/mol. The molecule has 0 bridgehead atoms. The van der Waals surface area contributed by atoms with Crippen LogP contribution in [0, 0.1) is 17.2 Å². The molecule has 0 aliphatic carbocycles. The molecule has 3 rings (SSSR count). The van der Waals surface area contributed by atoms with Gasteiger partial charge in [0.15, 0.2) is 0 Å².